The smallest absolute Gasteiger partial charge is 0.317 e. The molecule has 156 valence electrons. The lowest BCUT2D eigenvalue weighted by Gasteiger charge is -2.29. The van der Waals surface area contributed by atoms with Crippen LogP contribution in [0.2, 0.25) is 0 Å². The minimum Gasteiger partial charge on any atom is -0.495 e. The molecule has 1 aliphatic rings. The number of methoxy groups -OCH3 is 1. The summed E-state index contributed by atoms with van der Waals surface area (Å²) in [5, 5.41) is 2.84. The Morgan fingerprint density at radius 1 is 1.31 bits per heavy atom. The molecule has 2 N–H and O–H groups in total. The summed E-state index contributed by atoms with van der Waals surface area (Å²) >= 11 is 0. The highest BCUT2D eigenvalue weighted by atomic mass is 32.2. The van der Waals surface area contributed by atoms with Gasteiger partial charge in [-0.3, -0.25) is 9.71 Å². The van der Waals surface area contributed by atoms with E-state index in [-0.39, 0.29) is 28.4 Å². The third-order valence-electron chi connectivity index (χ3n) is 4.41. The molecule has 8 nitrogen and oxygen atoms in total. The molecule has 1 aromatic heterocycles. The number of carbonyl (C=O) groups excluding carboxylic acids is 1. The van der Waals surface area contributed by atoms with E-state index in [1.54, 1.807) is 11.0 Å². The summed E-state index contributed by atoms with van der Waals surface area (Å²) in [5.41, 5.74) is 1.78. The maximum Gasteiger partial charge on any atom is 0.317 e. The number of amides is 2. The van der Waals surface area contributed by atoms with Crippen molar-refractivity contribution >= 4 is 21.7 Å². The Bertz CT molecular complexity index is 1030. The van der Waals surface area contributed by atoms with Gasteiger partial charge in [-0.2, -0.15) is 0 Å². The molecule has 0 unspecified atom stereocenters. The number of hydrogen-bond acceptors (Lipinski definition) is 5. The number of rotatable bonds is 5. The van der Waals surface area contributed by atoms with Gasteiger partial charge in [0.2, 0.25) is 0 Å². The van der Waals surface area contributed by atoms with E-state index in [2.05, 4.69) is 15.0 Å². The van der Waals surface area contributed by atoms with Gasteiger partial charge < -0.3 is 15.0 Å². The van der Waals surface area contributed by atoms with E-state index in [0.717, 1.165) is 23.4 Å². The zero-order valence-corrected chi connectivity index (χ0v) is 17.2. The van der Waals surface area contributed by atoms with Gasteiger partial charge in [0.1, 0.15) is 16.5 Å². The number of urea groups is 1. The van der Waals surface area contributed by atoms with Crippen LogP contribution in [0.15, 0.2) is 35.4 Å². The molecule has 29 heavy (non-hydrogen) atoms. The first kappa shape index (κ1) is 20.8. The molecule has 10 heteroatoms. The molecule has 2 amide bonds. The maximum atomic E-state index is 13.6. The third-order valence-corrected chi connectivity index (χ3v) is 5.81. The fourth-order valence-corrected chi connectivity index (χ4v) is 4.28. The number of nitrogens with zero attached hydrogens (tertiary/aromatic N) is 2. The lowest BCUT2D eigenvalue weighted by atomic mass is 10.1. The molecule has 0 spiro atoms. The quantitative estimate of drug-likeness (QED) is 0.771. The summed E-state index contributed by atoms with van der Waals surface area (Å²) in [6.45, 7) is 4.61. The number of nitrogens with one attached hydrogen (secondary N) is 2. The lowest BCUT2D eigenvalue weighted by molar-refractivity contribution is 0.189. The van der Waals surface area contributed by atoms with Gasteiger partial charge in [0.15, 0.2) is 0 Å². The summed E-state index contributed by atoms with van der Waals surface area (Å²) in [6.07, 6.45) is 1.98. The zero-order valence-electron chi connectivity index (χ0n) is 16.4. The minimum atomic E-state index is -4.10. The molecule has 0 atom stereocenters. The standard InChI is InChI=1S/C19H23FN4O4S/c1-12(2)22-19(25)24-7-6-16-13(11-24)8-15(10-21-16)23-29(26,27)18-9-14(20)4-5-17(18)28-3/h4-5,8-10,12,23H,6-7,11H2,1-3H3,(H,22,25). The van der Waals surface area contributed by atoms with Gasteiger partial charge in [-0.25, -0.2) is 17.6 Å². The average Bonchev–Trinajstić information content (AvgIpc) is 2.66. The second kappa shape index (κ2) is 8.24. The highest BCUT2D eigenvalue weighted by Gasteiger charge is 2.24. The Kier molecular flexibility index (Phi) is 5.92. The second-order valence-electron chi connectivity index (χ2n) is 7.01. The molecule has 1 aromatic carbocycles. The van der Waals surface area contributed by atoms with Crippen LogP contribution in [-0.2, 0) is 23.0 Å². The molecule has 3 rings (SSSR count). The summed E-state index contributed by atoms with van der Waals surface area (Å²) < 4.78 is 46.5. The molecule has 0 saturated heterocycles. The molecule has 2 heterocycles. The molecular weight excluding hydrogens is 399 g/mol. The predicted octanol–water partition coefficient (Wildman–Crippen LogP) is 2.51. The number of pyridine rings is 1. The lowest BCUT2D eigenvalue weighted by Crippen LogP contribution is -2.45. The molecule has 2 aromatic rings. The van der Waals surface area contributed by atoms with E-state index < -0.39 is 15.8 Å². The van der Waals surface area contributed by atoms with Gasteiger partial charge in [0.05, 0.1) is 19.0 Å². The molecule has 0 saturated carbocycles. The first-order valence-corrected chi connectivity index (χ1v) is 10.6. The Morgan fingerprint density at radius 3 is 2.76 bits per heavy atom. The Labute approximate surface area is 169 Å². The van der Waals surface area contributed by atoms with Crippen molar-refractivity contribution in [3.05, 3.63) is 47.5 Å². The largest absolute Gasteiger partial charge is 0.495 e. The summed E-state index contributed by atoms with van der Waals surface area (Å²) in [5.74, 6) is -0.664. The van der Waals surface area contributed by atoms with Crippen molar-refractivity contribution in [1.82, 2.24) is 15.2 Å². The molecule has 0 fully saturated rings. The minimum absolute atomic E-state index is 0.0152. The second-order valence-corrected chi connectivity index (χ2v) is 8.66. The normalized spacial score (nSPS) is 13.8. The van der Waals surface area contributed by atoms with Crippen LogP contribution in [0.5, 0.6) is 5.75 Å². The highest BCUT2D eigenvalue weighted by molar-refractivity contribution is 7.92. The van der Waals surface area contributed by atoms with Crippen LogP contribution in [-0.4, -0.2) is 44.0 Å². The van der Waals surface area contributed by atoms with Gasteiger partial charge in [-0.1, -0.05) is 0 Å². The molecule has 0 radical (unpaired) electrons. The number of hydrogen-bond donors (Lipinski definition) is 2. The van der Waals surface area contributed by atoms with Crippen LogP contribution < -0.4 is 14.8 Å². The van der Waals surface area contributed by atoms with E-state index in [1.807, 2.05) is 13.8 Å². The van der Waals surface area contributed by atoms with Crippen molar-refractivity contribution in [2.75, 3.05) is 18.4 Å². The van der Waals surface area contributed by atoms with Crippen molar-refractivity contribution < 1.29 is 22.3 Å². The molecular formula is C19H23FN4O4S. The van der Waals surface area contributed by atoms with Crippen LogP contribution in [0.3, 0.4) is 0 Å². The van der Waals surface area contributed by atoms with E-state index in [1.165, 1.54) is 19.4 Å². The van der Waals surface area contributed by atoms with Crippen molar-refractivity contribution in [3.63, 3.8) is 0 Å². The van der Waals surface area contributed by atoms with Gasteiger partial charge in [0.25, 0.3) is 10.0 Å². The Morgan fingerprint density at radius 2 is 2.07 bits per heavy atom. The number of sulfonamides is 1. The predicted molar refractivity (Wildman–Crippen MR) is 106 cm³/mol. The monoisotopic (exact) mass is 422 g/mol. The van der Waals surface area contributed by atoms with Crippen LogP contribution in [0.1, 0.15) is 25.1 Å². The van der Waals surface area contributed by atoms with E-state index >= 15 is 0 Å². The van der Waals surface area contributed by atoms with Crippen LogP contribution in [0.4, 0.5) is 14.9 Å². The maximum absolute atomic E-state index is 13.6. The number of aromatic nitrogens is 1. The van der Waals surface area contributed by atoms with Crippen molar-refractivity contribution in [3.8, 4) is 5.75 Å². The SMILES string of the molecule is COc1ccc(F)cc1S(=O)(=O)Nc1cnc2c(c1)CN(C(=O)NC(C)C)CC2. The third kappa shape index (κ3) is 4.76. The van der Waals surface area contributed by atoms with E-state index in [9.17, 15) is 17.6 Å². The Hall–Kier alpha value is -2.88. The number of benzene rings is 1. The molecule has 1 aliphatic heterocycles. The number of ether oxygens (including phenoxy) is 1. The van der Waals surface area contributed by atoms with Crippen LogP contribution >= 0.6 is 0 Å². The van der Waals surface area contributed by atoms with Crippen LogP contribution in [0, 0.1) is 5.82 Å². The summed E-state index contributed by atoms with van der Waals surface area (Å²) in [7, 11) is -2.79. The first-order valence-electron chi connectivity index (χ1n) is 9.09. The number of anilines is 1. The fourth-order valence-electron chi connectivity index (χ4n) is 3.06. The van der Waals surface area contributed by atoms with Crippen LogP contribution in [0.25, 0.3) is 0 Å². The topological polar surface area (TPSA) is 101 Å². The van der Waals surface area contributed by atoms with Gasteiger partial charge in [-0.15, -0.1) is 0 Å². The Balaban J connectivity index is 1.84. The van der Waals surface area contributed by atoms with Crippen molar-refractivity contribution in [2.24, 2.45) is 0 Å². The average molecular weight is 422 g/mol. The molecule has 0 bridgehead atoms. The van der Waals surface area contributed by atoms with Crippen molar-refractivity contribution in [2.45, 2.75) is 37.8 Å². The van der Waals surface area contributed by atoms with Gasteiger partial charge in [-0.05, 0) is 43.7 Å². The van der Waals surface area contributed by atoms with E-state index in [4.69, 9.17) is 4.74 Å². The summed E-state index contributed by atoms with van der Waals surface area (Å²) in [4.78, 5) is 17.9. The van der Waals surface area contributed by atoms with E-state index in [0.29, 0.717) is 19.5 Å². The zero-order chi connectivity index (χ0) is 21.2. The number of carbonyl (C=O) groups is 1. The van der Waals surface area contributed by atoms with Crippen molar-refractivity contribution in [1.29, 1.82) is 0 Å². The fraction of sp³-hybridized carbons (Fsp3) is 0.368. The number of halogens is 1. The first-order chi connectivity index (χ1) is 13.7. The highest BCUT2D eigenvalue weighted by Crippen LogP contribution is 2.27. The van der Waals surface area contributed by atoms with Gasteiger partial charge >= 0.3 is 6.03 Å². The molecule has 0 aliphatic carbocycles. The van der Waals surface area contributed by atoms with Gasteiger partial charge in [0, 0.05) is 31.2 Å². The number of fused-ring (bicyclic) bond motifs is 1. The summed E-state index contributed by atoms with van der Waals surface area (Å²) in [6, 6.07) is 4.74.